The number of guanidine groups is 1. The van der Waals surface area contributed by atoms with Gasteiger partial charge in [-0.25, -0.2) is 0 Å². The standard InChI is InChI=1S/C16H23N3O.HI/c1-11-12(13-7-5-6-8-14(13)20-11)9-10-18-15(17)19-16(2,3)4;/h5-8H,9-10H2,1-4H3,(H3,17,18,19);1H. The molecule has 0 spiro atoms. The fourth-order valence-corrected chi connectivity index (χ4v) is 2.24. The summed E-state index contributed by atoms with van der Waals surface area (Å²) in [5, 5.41) is 4.32. The van der Waals surface area contributed by atoms with Crippen molar-refractivity contribution in [3.63, 3.8) is 0 Å². The molecule has 0 saturated heterocycles. The first kappa shape index (κ1) is 17.8. The lowest BCUT2D eigenvalue weighted by atomic mass is 10.1. The average molecular weight is 401 g/mol. The minimum Gasteiger partial charge on any atom is -0.461 e. The number of halogens is 1. The average Bonchev–Trinajstić information content (AvgIpc) is 2.64. The molecule has 116 valence electrons. The summed E-state index contributed by atoms with van der Waals surface area (Å²) in [7, 11) is 0. The van der Waals surface area contributed by atoms with Crippen LogP contribution in [0.15, 0.2) is 33.7 Å². The summed E-state index contributed by atoms with van der Waals surface area (Å²) in [5.41, 5.74) is 7.95. The van der Waals surface area contributed by atoms with Gasteiger partial charge in [0.2, 0.25) is 0 Å². The van der Waals surface area contributed by atoms with Crippen molar-refractivity contribution < 1.29 is 4.42 Å². The van der Waals surface area contributed by atoms with Crippen molar-refractivity contribution in [1.82, 2.24) is 5.32 Å². The van der Waals surface area contributed by atoms with Crippen molar-refractivity contribution in [2.24, 2.45) is 10.7 Å². The molecular weight excluding hydrogens is 377 g/mol. The van der Waals surface area contributed by atoms with Gasteiger partial charge in [-0.2, -0.15) is 0 Å². The van der Waals surface area contributed by atoms with Crippen LogP contribution in [0.3, 0.4) is 0 Å². The number of hydrogen-bond acceptors (Lipinski definition) is 2. The van der Waals surface area contributed by atoms with E-state index in [2.05, 4.69) is 37.1 Å². The van der Waals surface area contributed by atoms with Crippen LogP contribution in [0.1, 0.15) is 32.1 Å². The number of nitrogens with one attached hydrogen (secondary N) is 1. The summed E-state index contributed by atoms with van der Waals surface area (Å²) in [4.78, 5) is 4.37. The van der Waals surface area contributed by atoms with Gasteiger partial charge in [0.05, 0.1) is 0 Å². The minimum absolute atomic E-state index is 0. The molecule has 2 rings (SSSR count). The second-order valence-corrected chi connectivity index (χ2v) is 6.02. The van der Waals surface area contributed by atoms with E-state index in [1.807, 2.05) is 25.1 Å². The molecule has 0 amide bonds. The van der Waals surface area contributed by atoms with Gasteiger partial charge in [-0.05, 0) is 40.2 Å². The van der Waals surface area contributed by atoms with E-state index in [1.54, 1.807) is 0 Å². The maximum atomic E-state index is 5.87. The van der Waals surface area contributed by atoms with Gasteiger partial charge in [0.1, 0.15) is 11.3 Å². The third kappa shape index (κ3) is 4.91. The van der Waals surface area contributed by atoms with E-state index in [1.165, 1.54) is 10.9 Å². The van der Waals surface area contributed by atoms with E-state index in [0.717, 1.165) is 17.8 Å². The lowest BCUT2D eigenvalue weighted by molar-refractivity contribution is 0.508. The fourth-order valence-electron chi connectivity index (χ4n) is 2.24. The smallest absolute Gasteiger partial charge is 0.188 e. The van der Waals surface area contributed by atoms with Crippen molar-refractivity contribution in [3.05, 3.63) is 35.6 Å². The third-order valence-electron chi connectivity index (χ3n) is 3.05. The van der Waals surface area contributed by atoms with Crippen LogP contribution < -0.4 is 11.1 Å². The van der Waals surface area contributed by atoms with Crippen LogP contribution in [-0.4, -0.2) is 18.0 Å². The highest BCUT2D eigenvalue weighted by atomic mass is 127. The number of hydrogen-bond donors (Lipinski definition) is 2. The monoisotopic (exact) mass is 401 g/mol. The summed E-state index contributed by atoms with van der Waals surface area (Å²) in [6, 6.07) is 8.09. The molecule has 2 aromatic rings. The molecule has 5 heteroatoms. The highest BCUT2D eigenvalue weighted by Crippen LogP contribution is 2.25. The molecular formula is C16H24IN3O. The molecule has 0 saturated carbocycles. The Hall–Kier alpha value is -1.24. The topological polar surface area (TPSA) is 63.5 Å². The van der Waals surface area contributed by atoms with Crippen LogP contribution in [0.2, 0.25) is 0 Å². The summed E-state index contributed by atoms with van der Waals surface area (Å²) in [6.07, 6.45) is 0.829. The van der Waals surface area contributed by atoms with E-state index in [-0.39, 0.29) is 29.5 Å². The molecule has 0 bridgehead atoms. The van der Waals surface area contributed by atoms with Crippen molar-refractivity contribution in [3.8, 4) is 0 Å². The molecule has 3 N–H and O–H groups in total. The number of aliphatic imine (C=N–C) groups is 1. The molecule has 0 aliphatic rings. The van der Waals surface area contributed by atoms with E-state index < -0.39 is 0 Å². The zero-order valence-electron chi connectivity index (χ0n) is 13.1. The van der Waals surface area contributed by atoms with Crippen molar-refractivity contribution >= 4 is 40.9 Å². The molecule has 1 heterocycles. The highest BCUT2D eigenvalue weighted by Gasteiger charge is 2.11. The van der Waals surface area contributed by atoms with Crippen LogP contribution in [-0.2, 0) is 6.42 Å². The summed E-state index contributed by atoms with van der Waals surface area (Å²) in [6.45, 7) is 8.82. The number of furan rings is 1. The number of benzene rings is 1. The van der Waals surface area contributed by atoms with E-state index in [4.69, 9.17) is 10.2 Å². The Morgan fingerprint density at radius 2 is 1.95 bits per heavy atom. The Bertz CT molecular complexity index is 626. The van der Waals surface area contributed by atoms with Gasteiger partial charge in [-0.3, -0.25) is 4.99 Å². The second kappa shape index (κ2) is 7.15. The van der Waals surface area contributed by atoms with Crippen LogP contribution in [0, 0.1) is 6.92 Å². The second-order valence-electron chi connectivity index (χ2n) is 6.02. The molecule has 0 aliphatic carbocycles. The number of rotatable bonds is 3. The lowest BCUT2D eigenvalue weighted by Gasteiger charge is -2.20. The Labute approximate surface area is 143 Å². The van der Waals surface area contributed by atoms with Gasteiger partial charge in [0.15, 0.2) is 5.96 Å². The number of nitrogens with zero attached hydrogens (tertiary/aromatic N) is 1. The summed E-state index contributed by atoms with van der Waals surface area (Å²) < 4.78 is 5.74. The van der Waals surface area contributed by atoms with Gasteiger partial charge in [0.25, 0.3) is 0 Å². The molecule has 0 unspecified atom stereocenters. The van der Waals surface area contributed by atoms with Crippen LogP contribution >= 0.6 is 24.0 Å². The quantitative estimate of drug-likeness (QED) is 0.469. The Morgan fingerprint density at radius 1 is 1.29 bits per heavy atom. The Morgan fingerprint density at radius 3 is 2.62 bits per heavy atom. The molecule has 0 fully saturated rings. The lowest BCUT2D eigenvalue weighted by Crippen LogP contribution is -2.45. The zero-order chi connectivity index (χ0) is 14.8. The molecule has 4 nitrogen and oxygen atoms in total. The maximum absolute atomic E-state index is 5.87. The normalized spacial score (nSPS) is 12.3. The maximum Gasteiger partial charge on any atom is 0.188 e. The van der Waals surface area contributed by atoms with E-state index >= 15 is 0 Å². The highest BCUT2D eigenvalue weighted by molar-refractivity contribution is 14.0. The Balaban J connectivity index is 0.00000220. The molecule has 0 radical (unpaired) electrons. The van der Waals surface area contributed by atoms with Gasteiger partial charge in [0, 0.05) is 23.0 Å². The first-order chi connectivity index (χ1) is 9.37. The van der Waals surface area contributed by atoms with Crippen LogP contribution in [0.5, 0.6) is 0 Å². The van der Waals surface area contributed by atoms with Gasteiger partial charge < -0.3 is 15.5 Å². The predicted molar refractivity (Wildman–Crippen MR) is 99.4 cm³/mol. The number of nitrogens with two attached hydrogens (primary N) is 1. The van der Waals surface area contributed by atoms with Gasteiger partial charge >= 0.3 is 0 Å². The fraction of sp³-hybridized carbons (Fsp3) is 0.438. The van der Waals surface area contributed by atoms with E-state index in [0.29, 0.717) is 12.5 Å². The largest absolute Gasteiger partial charge is 0.461 e. The zero-order valence-corrected chi connectivity index (χ0v) is 15.4. The van der Waals surface area contributed by atoms with Crippen molar-refractivity contribution in [2.45, 2.75) is 39.7 Å². The number of para-hydroxylation sites is 1. The van der Waals surface area contributed by atoms with Crippen molar-refractivity contribution in [2.75, 3.05) is 6.54 Å². The number of aryl methyl sites for hydroxylation is 1. The molecule has 21 heavy (non-hydrogen) atoms. The third-order valence-corrected chi connectivity index (χ3v) is 3.05. The summed E-state index contributed by atoms with van der Waals surface area (Å²) >= 11 is 0. The first-order valence-electron chi connectivity index (χ1n) is 6.92. The Kier molecular flexibility index (Phi) is 6.07. The van der Waals surface area contributed by atoms with Crippen molar-refractivity contribution in [1.29, 1.82) is 0 Å². The first-order valence-corrected chi connectivity index (χ1v) is 6.92. The summed E-state index contributed by atoms with van der Waals surface area (Å²) in [5.74, 6) is 1.45. The van der Waals surface area contributed by atoms with Gasteiger partial charge in [-0.1, -0.05) is 18.2 Å². The molecule has 0 atom stereocenters. The molecule has 0 aliphatic heterocycles. The minimum atomic E-state index is -0.0637. The molecule has 1 aromatic carbocycles. The number of fused-ring (bicyclic) bond motifs is 1. The van der Waals surface area contributed by atoms with Crippen LogP contribution in [0.25, 0.3) is 11.0 Å². The molecule has 1 aromatic heterocycles. The predicted octanol–water partition coefficient (Wildman–Crippen LogP) is 3.60. The van der Waals surface area contributed by atoms with E-state index in [9.17, 15) is 0 Å². The van der Waals surface area contributed by atoms with Crippen LogP contribution in [0.4, 0.5) is 0 Å². The SMILES string of the molecule is Cc1oc2ccccc2c1CCN=C(N)NC(C)(C)C.I. The van der Waals surface area contributed by atoms with Gasteiger partial charge in [-0.15, -0.1) is 24.0 Å².